The Morgan fingerprint density at radius 2 is 1.76 bits per heavy atom. The van der Waals surface area contributed by atoms with Crippen LogP contribution in [0, 0.1) is 11.8 Å². The lowest BCUT2D eigenvalue weighted by Gasteiger charge is -2.30. The highest BCUT2D eigenvalue weighted by atomic mass is 33.1. The van der Waals surface area contributed by atoms with E-state index < -0.39 is 54.0 Å². The van der Waals surface area contributed by atoms with Crippen LogP contribution in [0.15, 0.2) is 12.2 Å². The molecule has 5 atom stereocenters. The Bertz CT molecular complexity index is 761. The predicted molar refractivity (Wildman–Crippen MR) is 134 cm³/mol. The summed E-state index contributed by atoms with van der Waals surface area (Å²) in [7, 11) is 3.04. The van der Waals surface area contributed by atoms with Gasteiger partial charge in [0, 0.05) is 11.5 Å². The minimum atomic E-state index is -1.18. The van der Waals surface area contributed by atoms with Gasteiger partial charge in [0.2, 0.25) is 17.7 Å². The van der Waals surface area contributed by atoms with E-state index in [2.05, 4.69) is 16.0 Å². The molecule has 0 aromatic heterocycles. The molecule has 0 unspecified atom stereocenters. The van der Waals surface area contributed by atoms with Crippen LogP contribution in [-0.4, -0.2) is 70.6 Å². The molecule has 2 bridgehead atoms. The Morgan fingerprint density at radius 3 is 2.44 bits per heavy atom. The Morgan fingerprint density at radius 1 is 1.03 bits per heavy atom. The second-order valence-electron chi connectivity index (χ2n) is 9.42. The summed E-state index contributed by atoms with van der Waals surface area (Å²) in [5.41, 5.74) is 0. The molecule has 1 saturated heterocycles. The van der Waals surface area contributed by atoms with Crippen molar-refractivity contribution in [1.29, 1.82) is 0 Å². The number of carbonyl (C=O) groups is 4. The van der Waals surface area contributed by atoms with Crippen LogP contribution >= 0.6 is 21.6 Å². The van der Waals surface area contributed by atoms with Gasteiger partial charge in [-0.3, -0.25) is 19.2 Å². The van der Waals surface area contributed by atoms with Gasteiger partial charge in [-0.1, -0.05) is 55.4 Å². The van der Waals surface area contributed by atoms with Gasteiger partial charge in [-0.25, -0.2) is 0 Å². The number of ether oxygens (including phenoxy) is 1. The van der Waals surface area contributed by atoms with Crippen molar-refractivity contribution in [3.63, 3.8) is 0 Å². The molecule has 0 aromatic carbocycles. The van der Waals surface area contributed by atoms with Gasteiger partial charge >= 0.3 is 5.97 Å². The molecule has 0 radical (unpaired) electrons. The molecule has 0 spiro atoms. The van der Waals surface area contributed by atoms with E-state index >= 15 is 0 Å². The number of hydrogen-bond donors (Lipinski definition) is 4. The predicted octanol–water partition coefficient (Wildman–Crippen LogP) is 1.55. The number of hydrogen-bond acceptors (Lipinski definition) is 8. The topological polar surface area (TPSA) is 134 Å². The van der Waals surface area contributed by atoms with Gasteiger partial charge in [-0.05, 0) is 30.8 Å². The van der Waals surface area contributed by atoms with Crippen molar-refractivity contribution in [3.05, 3.63) is 12.2 Å². The summed E-state index contributed by atoms with van der Waals surface area (Å²) in [6, 6.07) is -2.41. The van der Waals surface area contributed by atoms with E-state index in [0.717, 1.165) is 5.75 Å². The second-order valence-corrected chi connectivity index (χ2v) is 12.0. The molecule has 192 valence electrons. The first kappa shape index (κ1) is 28.5. The molecular formula is C23H37N3O6S2. The molecule has 3 amide bonds. The first-order valence-electron chi connectivity index (χ1n) is 11.8. The maximum Gasteiger partial charge on any atom is 0.309 e. The zero-order chi connectivity index (χ0) is 25.3. The molecule has 2 aliphatic heterocycles. The van der Waals surface area contributed by atoms with Crippen LogP contribution < -0.4 is 16.0 Å². The maximum absolute atomic E-state index is 13.2. The highest BCUT2D eigenvalue weighted by molar-refractivity contribution is 8.76. The van der Waals surface area contributed by atoms with Crippen molar-refractivity contribution in [3.8, 4) is 0 Å². The fourth-order valence-electron chi connectivity index (χ4n) is 3.77. The number of aliphatic hydroxyl groups excluding tert-OH is 1. The number of rotatable bonds is 3. The fourth-order valence-corrected chi connectivity index (χ4v) is 5.93. The lowest BCUT2D eigenvalue weighted by molar-refractivity contribution is -0.151. The zero-order valence-electron chi connectivity index (χ0n) is 20.2. The monoisotopic (exact) mass is 515 g/mol. The lowest BCUT2D eigenvalue weighted by Crippen LogP contribution is -2.58. The molecule has 4 N–H and O–H groups in total. The molecule has 11 heteroatoms. The molecule has 1 fully saturated rings. The average Bonchev–Trinajstić information content (AvgIpc) is 2.73. The smallest absolute Gasteiger partial charge is 0.309 e. The first-order chi connectivity index (χ1) is 16.1. The normalized spacial score (nSPS) is 31.4. The van der Waals surface area contributed by atoms with Gasteiger partial charge in [0.25, 0.3) is 0 Å². The van der Waals surface area contributed by atoms with Gasteiger partial charge < -0.3 is 25.8 Å². The maximum atomic E-state index is 13.2. The van der Waals surface area contributed by atoms with E-state index in [1.807, 2.05) is 33.8 Å². The third-order valence-corrected chi connectivity index (χ3v) is 7.96. The van der Waals surface area contributed by atoms with Crippen LogP contribution in [-0.2, 0) is 23.9 Å². The van der Waals surface area contributed by atoms with Gasteiger partial charge in [0.15, 0.2) is 0 Å². The number of aliphatic hydroxyl groups is 1. The van der Waals surface area contributed by atoms with Crippen molar-refractivity contribution < 1.29 is 29.0 Å². The van der Waals surface area contributed by atoms with Crippen molar-refractivity contribution >= 4 is 45.3 Å². The Kier molecular flexibility index (Phi) is 11.7. The quantitative estimate of drug-likeness (QED) is 0.253. The number of esters is 1. The summed E-state index contributed by atoms with van der Waals surface area (Å²) < 4.78 is 5.51. The molecule has 2 heterocycles. The van der Waals surface area contributed by atoms with Crippen molar-refractivity contribution in [1.82, 2.24) is 16.0 Å². The summed E-state index contributed by atoms with van der Waals surface area (Å²) in [5.74, 6) is -0.965. The SMILES string of the molecule is CC(C)C[C@H]1NC(=O)C[C@H]2/C=C\CCSSC[C@@H](NC1=O)C(=O)N[C@H](C(C)C)[C@H](O)CC(=O)O2. The number of nitrogens with one attached hydrogen (secondary N) is 3. The average molecular weight is 516 g/mol. The molecule has 9 nitrogen and oxygen atoms in total. The fraction of sp³-hybridized carbons (Fsp3) is 0.739. The van der Waals surface area contributed by atoms with Crippen molar-refractivity contribution in [2.45, 2.75) is 83.7 Å². The zero-order valence-corrected chi connectivity index (χ0v) is 21.9. The third-order valence-electron chi connectivity index (χ3n) is 5.52. The third kappa shape index (κ3) is 9.50. The van der Waals surface area contributed by atoms with Gasteiger partial charge in [0.1, 0.15) is 18.2 Å². The van der Waals surface area contributed by atoms with E-state index in [1.54, 1.807) is 16.9 Å². The van der Waals surface area contributed by atoms with Crippen LogP contribution in [0.25, 0.3) is 0 Å². The summed E-state index contributed by atoms with van der Waals surface area (Å²) in [4.78, 5) is 51.7. The minimum absolute atomic E-state index is 0.117. The largest absolute Gasteiger partial charge is 0.457 e. The molecular weight excluding hydrogens is 478 g/mol. The minimum Gasteiger partial charge on any atom is -0.457 e. The molecule has 2 aliphatic rings. The van der Waals surface area contributed by atoms with Gasteiger partial charge in [0.05, 0.1) is 25.0 Å². The van der Waals surface area contributed by atoms with E-state index in [9.17, 15) is 24.3 Å². The Labute approximate surface area is 209 Å². The molecule has 0 aliphatic carbocycles. The number of carbonyl (C=O) groups excluding carboxylic acids is 4. The first-order valence-corrected chi connectivity index (χ1v) is 14.2. The second kappa shape index (κ2) is 14.0. The summed E-state index contributed by atoms with van der Waals surface area (Å²) in [5, 5.41) is 19.1. The van der Waals surface area contributed by atoms with Gasteiger partial charge in [-0.15, -0.1) is 0 Å². The highest BCUT2D eigenvalue weighted by Crippen LogP contribution is 2.24. The van der Waals surface area contributed by atoms with Gasteiger partial charge in [-0.2, -0.15) is 0 Å². The molecule has 2 rings (SSSR count). The van der Waals surface area contributed by atoms with Crippen molar-refractivity contribution in [2.75, 3.05) is 11.5 Å². The van der Waals surface area contributed by atoms with Crippen molar-refractivity contribution in [2.24, 2.45) is 11.8 Å². The lowest BCUT2D eigenvalue weighted by atomic mass is 9.96. The number of allylic oxidation sites excluding steroid dienone is 1. The van der Waals surface area contributed by atoms with E-state index in [1.165, 1.54) is 10.8 Å². The summed E-state index contributed by atoms with van der Waals surface area (Å²) in [6.07, 6.45) is 2.14. The number of fused-ring (bicyclic) bond motifs is 7. The molecule has 0 saturated carbocycles. The van der Waals surface area contributed by atoms with E-state index in [0.29, 0.717) is 18.6 Å². The van der Waals surface area contributed by atoms with Crippen LogP contribution in [0.4, 0.5) is 0 Å². The summed E-state index contributed by atoms with van der Waals surface area (Å²) >= 11 is 0. The Balaban J connectivity index is 2.47. The standard InChI is InChI=1S/C23H37N3O6S2/c1-13(2)9-16-22(30)25-17-12-34-33-8-6-5-7-15(10-19(28)24-16)32-20(29)11-18(27)21(14(3)4)26-23(17)31/h5,7,13-18,21,27H,6,8-12H2,1-4H3,(H,24,28)(H,25,30)(H,26,31)/b7-5-/t15-,16-,17-,18-,21-/m1/s1. The molecule has 0 aromatic rings. The van der Waals surface area contributed by atoms with E-state index in [4.69, 9.17) is 4.74 Å². The van der Waals surface area contributed by atoms with Crippen LogP contribution in [0.1, 0.15) is 53.4 Å². The highest BCUT2D eigenvalue weighted by Gasteiger charge is 2.33. The van der Waals surface area contributed by atoms with E-state index in [-0.39, 0.29) is 24.7 Å². The van der Waals surface area contributed by atoms with Crippen LogP contribution in [0.5, 0.6) is 0 Å². The number of amides is 3. The molecule has 34 heavy (non-hydrogen) atoms. The Hall–Kier alpha value is -1.72. The van der Waals surface area contributed by atoms with Crippen LogP contribution in [0.2, 0.25) is 0 Å². The summed E-state index contributed by atoms with van der Waals surface area (Å²) in [6.45, 7) is 7.54. The van der Waals surface area contributed by atoms with Crippen LogP contribution in [0.3, 0.4) is 0 Å².